The van der Waals surface area contributed by atoms with Crippen LogP contribution in [0.2, 0.25) is 0 Å². The predicted octanol–water partition coefficient (Wildman–Crippen LogP) is 1.72. The maximum Gasteiger partial charge on any atom is 0.162 e. The van der Waals surface area contributed by atoms with Crippen LogP contribution in [0.25, 0.3) is 0 Å². The minimum atomic E-state index is -0.955. The summed E-state index contributed by atoms with van der Waals surface area (Å²) in [4.78, 5) is 0. The van der Waals surface area contributed by atoms with E-state index in [9.17, 15) is 8.78 Å². The van der Waals surface area contributed by atoms with E-state index in [-0.39, 0.29) is 12.4 Å². The van der Waals surface area contributed by atoms with Gasteiger partial charge in [-0.15, -0.1) is 0 Å². The summed E-state index contributed by atoms with van der Waals surface area (Å²) in [5.41, 5.74) is 0. The Morgan fingerprint density at radius 1 is 1.38 bits per heavy atom. The monoisotopic (exact) mass is 188 g/mol. The summed E-state index contributed by atoms with van der Waals surface area (Å²) in [6, 6.07) is 3.23. The molecule has 0 radical (unpaired) electrons. The average molecular weight is 188 g/mol. The zero-order valence-electron chi connectivity index (χ0n) is 7.13. The number of rotatable bonds is 3. The first-order chi connectivity index (χ1) is 6.09. The van der Waals surface area contributed by atoms with Gasteiger partial charge in [-0.05, 0) is 19.1 Å². The third-order valence-corrected chi connectivity index (χ3v) is 1.38. The number of halogens is 2. The van der Waals surface area contributed by atoms with Gasteiger partial charge in [-0.3, -0.25) is 0 Å². The van der Waals surface area contributed by atoms with Crippen LogP contribution in [-0.2, 0) is 0 Å². The van der Waals surface area contributed by atoms with E-state index in [1.165, 1.54) is 6.07 Å². The molecule has 0 heterocycles. The van der Waals surface area contributed by atoms with Crippen molar-refractivity contribution in [3.63, 3.8) is 0 Å². The Balaban J connectivity index is 2.63. The second-order valence-electron chi connectivity index (χ2n) is 2.74. The Labute approximate surface area is 74.8 Å². The lowest BCUT2D eigenvalue weighted by Gasteiger charge is -2.07. The van der Waals surface area contributed by atoms with Crippen LogP contribution in [0.5, 0.6) is 5.75 Å². The van der Waals surface area contributed by atoms with Gasteiger partial charge >= 0.3 is 0 Å². The van der Waals surface area contributed by atoms with Gasteiger partial charge in [0.15, 0.2) is 11.6 Å². The fraction of sp³-hybridized carbons (Fsp3) is 0.333. The highest BCUT2D eigenvalue weighted by Crippen LogP contribution is 2.15. The first kappa shape index (κ1) is 9.92. The first-order valence-electron chi connectivity index (χ1n) is 3.85. The molecule has 4 heteroatoms. The molecule has 72 valence electrons. The maximum absolute atomic E-state index is 12.6. The number of aliphatic hydroxyl groups is 1. The van der Waals surface area contributed by atoms with Gasteiger partial charge in [0.1, 0.15) is 12.4 Å². The van der Waals surface area contributed by atoms with Crippen molar-refractivity contribution in [2.45, 2.75) is 13.0 Å². The molecule has 0 aromatic heterocycles. The normalized spacial score (nSPS) is 12.6. The second kappa shape index (κ2) is 4.18. The van der Waals surface area contributed by atoms with Crippen molar-refractivity contribution < 1.29 is 18.6 Å². The van der Waals surface area contributed by atoms with Crippen LogP contribution >= 0.6 is 0 Å². The molecule has 0 saturated carbocycles. The number of hydrogen-bond donors (Lipinski definition) is 1. The Bertz CT molecular complexity index is 287. The average Bonchev–Trinajstić information content (AvgIpc) is 2.07. The number of aliphatic hydroxyl groups excluding tert-OH is 1. The molecule has 0 aliphatic carbocycles. The summed E-state index contributed by atoms with van der Waals surface area (Å²) in [6.45, 7) is 1.60. The summed E-state index contributed by atoms with van der Waals surface area (Å²) in [5.74, 6) is -1.66. The van der Waals surface area contributed by atoms with Crippen molar-refractivity contribution in [2.24, 2.45) is 0 Å². The van der Waals surface area contributed by atoms with Crippen LogP contribution < -0.4 is 4.74 Å². The van der Waals surface area contributed by atoms with E-state index in [1.54, 1.807) is 6.92 Å². The lowest BCUT2D eigenvalue weighted by atomic mass is 10.3. The highest BCUT2D eigenvalue weighted by atomic mass is 19.2. The van der Waals surface area contributed by atoms with Crippen LogP contribution in [0.3, 0.4) is 0 Å². The molecule has 1 atom stereocenters. The SMILES string of the molecule is CC(O)COc1ccc(F)c(F)c1. The molecule has 0 bridgehead atoms. The second-order valence-corrected chi connectivity index (χ2v) is 2.74. The van der Waals surface area contributed by atoms with Crippen LogP contribution in [0.15, 0.2) is 18.2 Å². The van der Waals surface area contributed by atoms with Crippen LogP contribution in [-0.4, -0.2) is 17.8 Å². The molecule has 1 aromatic carbocycles. The molecular weight excluding hydrogens is 178 g/mol. The number of ether oxygens (including phenoxy) is 1. The van der Waals surface area contributed by atoms with E-state index in [1.807, 2.05) is 0 Å². The van der Waals surface area contributed by atoms with Crippen molar-refractivity contribution in [1.82, 2.24) is 0 Å². The van der Waals surface area contributed by atoms with E-state index in [0.29, 0.717) is 0 Å². The standard InChI is InChI=1S/C9H10F2O2/c1-6(12)5-13-7-2-3-8(10)9(11)4-7/h2-4,6,12H,5H2,1H3. The molecule has 13 heavy (non-hydrogen) atoms. The van der Waals surface area contributed by atoms with Gasteiger partial charge in [0.05, 0.1) is 6.10 Å². The molecule has 2 nitrogen and oxygen atoms in total. The fourth-order valence-electron chi connectivity index (χ4n) is 0.783. The maximum atomic E-state index is 12.6. The van der Waals surface area contributed by atoms with Crippen LogP contribution in [0.4, 0.5) is 8.78 Å². The van der Waals surface area contributed by atoms with E-state index < -0.39 is 17.7 Å². The quantitative estimate of drug-likeness (QED) is 0.782. The van der Waals surface area contributed by atoms with E-state index in [4.69, 9.17) is 9.84 Å². The molecule has 1 aromatic rings. The number of hydrogen-bond acceptors (Lipinski definition) is 2. The van der Waals surface area contributed by atoms with E-state index >= 15 is 0 Å². The summed E-state index contributed by atoms with van der Waals surface area (Å²) < 4.78 is 30.0. The fourth-order valence-corrected chi connectivity index (χ4v) is 0.783. The highest BCUT2D eigenvalue weighted by molar-refractivity contribution is 5.23. The van der Waals surface area contributed by atoms with Gasteiger partial charge in [0, 0.05) is 6.07 Å². The molecule has 0 amide bonds. The van der Waals surface area contributed by atoms with Crippen LogP contribution in [0, 0.1) is 11.6 Å². The molecular formula is C9H10F2O2. The molecule has 0 spiro atoms. The molecule has 0 fully saturated rings. The summed E-state index contributed by atoms with van der Waals surface area (Å²) in [5, 5.41) is 8.84. The summed E-state index contributed by atoms with van der Waals surface area (Å²) in [6.07, 6.45) is -0.631. The molecule has 0 saturated heterocycles. The minimum Gasteiger partial charge on any atom is -0.491 e. The van der Waals surface area contributed by atoms with Crippen molar-refractivity contribution >= 4 is 0 Å². The topological polar surface area (TPSA) is 29.5 Å². The Kier molecular flexibility index (Phi) is 3.19. The van der Waals surface area contributed by atoms with Gasteiger partial charge < -0.3 is 9.84 Å². The smallest absolute Gasteiger partial charge is 0.162 e. The van der Waals surface area contributed by atoms with E-state index in [0.717, 1.165) is 12.1 Å². The van der Waals surface area contributed by atoms with Gasteiger partial charge in [-0.25, -0.2) is 8.78 Å². The molecule has 1 N–H and O–H groups in total. The van der Waals surface area contributed by atoms with Crippen molar-refractivity contribution in [3.05, 3.63) is 29.8 Å². The van der Waals surface area contributed by atoms with Gasteiger partial charge in [-0.2, -0.15) is 0 Å². The van der Waals surface area contributed by atoms with Gasteiger partial charge in [0.2, 0.25) is 0 Å². The Morgan fingerprint density at radius 2 is 2.08 bits per heavy atom. The Hall–Kier alpha value is -1.16. The lowest BCUT2D eigenvalue weighted by Crippen LogP contribution is -2.12. The van der Waals surface area contributed by atoms with Crippen LogP contribution in [0.1, 0.15) is 6.92 Å². The predicted molar refractivity (Wildman–Crippen MR) is 43.5 cm³/mol. The van der Waals surface area contributed by atoms with E-state index in [2.05, 4.69) is 0 Å². The van der Waals surface area contributed by atoms with Crippen molar-refractivity contribution in [1.29, 1.82) is 0 Å². The van der Waals surface area contributed by atoms with Crippen molar-refractivity contribution in [3.8, 4) is 5.75 Å². The zero-order chi connectivity index (χ0) is 9.84. The first-order valence-corrected chi connectivity index (χ1v) is 3.85. The molecule has 1 unspecified atom stereocenters. The highest BCUT2D eigenvalue weighted by Gasteiger charge is 2.03. The van der Waals surface area contributed by atoms with Crippen molar-refractivity contribution in [2.75, 3.05) is 6.61 Å². The van der Waals surface area contributed by atoms with Gasteiger partial charge in [0.25, 0.3) is 0 Å². The Morgan fingerprint density at radius 3 is 2.62 bits per heavy atom. The zero-order valence-corrected chi connectivity index (χ0v) is 7.13. The van der Waals surface area contributed by atoms with Gasteiger partial charge in [-0.1, -0.05) is 0 Å². The molecule has 0 aliphatic rings. The minimum absolute atomic E-state index is 0.0606. The molecule has 1 rings (SSSR count). The third-order valence-electron chi connectivity index (χ3n) is 1.38. The summed E-state index contributed by atoms with van der Waals surface area (Å²) >= 11 is 0. The third kappa shape index (κ3) is 2.99. The number of benzene rings is 1. The largest absolute Gasteiger partial charge is 0.491 e. The molecule has 0 aliphatic heterocycles. The lowest BCUT2D eigenvalue weighted by molar-refractivity contribution is 0.122. The summed E-state index contributed by atoms with van der Waals surface area (Å²) in [7, 11) is 0.